The van der Waals surface area contributed by atoms with E-state index in [1.165, 1.54) is 34.5 Å². The first kappa shape index (κ1) is 23.5. The van der Waals surface area contributed by atoms with E-state index in [2.05, 4.69) is 0 Å². The highest BCUT2D eigenvalue weighted by molar-refractivity contribution is 7.89. The quantitative estimate of drug-likeness (QED) is 0.534. The van der Waals surface area contributed by atoms with Gasteiger partial charge in [-0.3, -0.25) is 4.79 Å². The molecule has 1 aliphatic rings. The molecule has 1 N–H and O–H groups in total. The first-order chi connectivity index (χ1) is 16.3. The predicted octanol–water partition coefficient (Wildman–Crippen LogP) is 2.24. The van der Waals surface area contributed by atoms with E-state index in [1.807, 2.05) is 24.3 Å². The largest absolute Gasteiger partial charge is 0.504 e. The van der Waals surface area contributed by atoms with Gasteiger partial charge in [0.15, 0.2) is 18.1 Å². The Morgan fingerprint density at radius 1 is 0.941 bits per heavy atom. The molecule has 0 spiro atoms. The van der Waals surface area contributed by atoms with Gasteiger partial charge in [0.05, 0.1) is 12.0 Å². The molecular weight excluding hydrogens is 460 g/mol. The SMILES string of the molecule is COc1cccc(C(=O)OCC(=O)N2CCN(S(=O)(=O)c3ccc4ccccc4c3)CC2)c1O. The summed E-state index contributed by atoms with van der Waals surface area (Å²) in [4.78, 5) is 26.4. The number of rotatable bonds is 6. The van der Waals surface area contributed by atoms with Crippen LogP contribution in [0.1, 0.15) is 10.4 Å². The van der Waals surface area contributed by atoms with Crippen molar-refractivity contribution in [3.63, 3.8) is 0 Å². The average Bonchev–Trinajstić information content (AvgIpc) is 2.87. The summed E-state index contributed by atoms with van der Waals surface area (Å²) in [5.41, 5.74) is -0.113. The molecule has 0 unspecified atom stereocenters. The third-order valence-electron chi connectivity index (χ3n) is 5.72. The highest BCUT2D eigenvalue weighted by Crippen LogP contribution is 2.29. The molecular formula is C24H24N2O7S. The minimum atomic E-state index is -3.71. The molecule has 0 atom stereocenters. The zero-order valence-electron chi connectivity index (χ0n) is 18.5. The number of fused-ring (bicyclic) bond motifs is 1. The maximum atomic E-state index is 13.1. The average molecular weight is 485 g/mol. The van der Waals surface area contributed by atoms with Crippen molar-refractivity contribution in [3.8, 4) is 11.5 Å². The van der Waals surface area contributed by atoms with Crippen LogP contribution in [0.3, 0.4) is 0 Å². The van der Waals surface area contributed by atoms with E-state index in [4.69, 9.17) is 9.47 Å². The number of para-hydroxylation sites is 1. The highest BCUT2D eigenvalue weighted by Gasteiger charge is 2.30. The zero-order valence-corrected chi connectivity index (χ0v) is 19.3. The van der Waals surface area contributed by atoms with Gasteiger partial charge >= 0.3 is 5.97 Å². The van der Waals surface area contributed by atoms with Crippen LogP contribution in [0.15, 0.2) is 65.6 Å². The minimum Gasteiger partial charge on any atom is -0.504 e. The lowest BCUT2D eigenvalue weighted by molar-refractivity contribution is -0.135. The molecule has 0 bridgehead atoms. The van der Waals surface area contributed by atoms with Crippen molar-refractivity contribution in [3.05, 3.63) is 66.2 Å². The van der Waals surface area contributed by atoms with Gasteiger partial charge < -0.3 is 19.5 Å². The van der Waals surface area contributed by atoms with Crippen LogP contribution in [-0.4, -0.2) is 74.5 Å². The molecule has 1 aliphatic heterocycles. The van der Waals surface area contributed by atoms with Gasteiger partial charge in [-0.25, -0.2) is 13.2 Å². The van der Waals surface area contributed by atoms with E-state index < -0.39 is 28.5 Å². The van der Waals surface area contributed by atoms with E-state index in [-0.39, 0.29) is 48.1 Å². The van der Waals surface area contributed by atoms with Gasteiger partial charge in [0.1, 0.15) is 5.56 Å². The van der Waals surface area contributed by atoms with Crippen molar-refractivity contribution >= 4 is 32.7 Å². The Bertz CT molecular complexity index is 1330. The fourth-order valence-electron chi connectivity index (χ4n) is 3.80. The Labute approximate surface area is 197 Å². The van der Waals surface area contributed by atoms with Gasteiger partial charge in [-0.1, -0.05) is 36.4 Å². The molecule has 0 aromatic heterocycles. The number of methoxy groups -OCH3 is 1. The molecule has 1 heterocycles. The van der Waals surface area contributed by atoms with Gasteiger partial charge in [-0.05, 0) is 35.0 Å². The molecule has 178 valence electrons. The number of nitrogens with zero attached hydrogens (tertiary/aromatic N) is 2. The third kappa shape index (κ3) is 4.68. The van der Waals surface area contributed by atoms with Gasteiger partial charge in [0.2, 0.25) is 10.0 Å². The lowest BCUT2D eigenvalue weighted by Crippen LogP contribution is -2.51. The second-order valence-electron chi connectivity index (χ2n) is 7.73. The summed E-state index contributed by atoms with van der Waals surface area (Å²) < 4.78 is 37.5. The lowest BCUT2D eigenvalue weighted by Gasteiger charge is -2.33. The lowest BCUT2D eigenvalue weighted by atomic mass is 10.1. The molecule has 0 saturated carbocycles. The Balaban J connectivity index is 1.34. The molecule has 4 rings (SSSR count). The number of sulfonamides is 1. The van der Waals surface area contributed by atoms with E-state index in [0.29, 0.717) is 0 Å². The van der Waals surface area contributed by atoms with Crippen molar-refractivity contribution in [1.29, 1.82) is 0 Å². The number of ether oxygens (including phenoxy) is 2. The Hall–Kier alpha value is -3.63. The van der Waals surface area contributed by atoms with Crippen molar-refractivity contribution < 1.29 is 32.6 Å². The predicted molar refractivity (Wildman–Crippen MR) is 124 cm³/mol. The van der Waals surface area contributed by atoms with Gasteiger partial charge in [-0.2, -0.15) is 4.31 Å². The fraction of sp³-hybridized carbons (Fsp3) is 0.250. The molecule has 3 aromatic rings. The summed E-state index contributed by atoms with van der Waals surface area (Å²) in [5.74, 6) is -1.56. The van der Waals surface area contributed by atoms with E-state index >= 15 is 0 Å². The molecule has 1 saturated heterocycles. The summed E-state index contributed by atoms with van der Waals surface area (Å²) in [6, 6.07) is 16.9. The molecule has 9 nitrogen and oxygen atoms in total. The molecule has 0 aliphatic carbocycles. The maximum Gasteiger partial charge on any atom is 0.342 e. The first-order valence-electron chi connectivity index (χ1n) is 10.6. The van der Waals surface area contributed by atoms with Crippen LogP contribution in [0.25, 0.3) is 10.8 Å². The number of piperazine rings is 1. The molecule has 1 fully saturated rings. The number of hydrogen-bond acceptors (Lipinski definition) is 7. The van der Waals surface area contributed by atoms with Gasteiger partial charge in [-0.15, -0.1) is 0 Å². The van der Waals surface area contributed by atoms with Crippen LogP contribution in [0.4, 0.5) is 0 Å². The van der Waals surface area contributed by atoms with Gasteiger partial charge in [0, 0.05) is 26.2 Å². The topological polar surface area (TPSA) is 113 Å². The van der Waals surface area contributed by atoms with Crippen LogP contribution in [0.2, 0.25) is 0 Å². The zero-order chi connectivity index (χ0) is 24.3. The standard InChI is InChI=1S/C24H24N2O7S/c1-32-21-8-4-7-20(23(21)28)24(29)33-16-22(27)25-11-13-26(14-12-25)34(30,31)19-10-9-17-5-2-3-6-18(17)15-19/h2-10,15,28H,11-14,16H2,1H3. The van der Waals surface area contributed by atoms with Crippen molar-refractivity contribution in [2.75, 3.05) is 39.9 Å². The first-order valence-corrected chi connectivity index (χ1v) is 12.0. The van der Waals surface area contributed by atoms with Crippen LogP contribution in [0, 0.1) is 0 Å². The molecule has 1 amide bonds. The van der Waals surface area contributed by atoms with Crippen LogP contribution < -0.4 is 4.74 Å². The second-order valence-corrected chi connectivity index (χ2v) is 9.66. The summed E-state index contributed by atoms with van der Waals surface area (Å²) in [5, 5.41) is 11.8. The van der Waals surface area contributed by atoms with Crippen molar-refractivity contribution in [2.24, 2.45) is 0 Å². The van der Waals surface area contributed by atoms with Gasteiger partial charge in [0.25, 0.3) is 5.91 Å². The number of phenols is 1. The molecule has 34 heavy (non-hydrogen) atoms. The molecule has 10 heteroatoms. The summed E-state index contributed by atoms with van der Waals surface area (Å²) in [7, 11) is -2.35. The summed E-state index contributed by atoms with van der Waals surface area (Å²) >= 11 is 0. The minimum absolute atomic E-state index is 0.113. The number of esters is 1. The fourth-order valence-corrected chi connectivity index (χ4v) is 5.26. The monoisotopic (exact) mass is 484 g/mol. The van der Waals surface area contributed by atoms with Crippen molar-refractivity contribution in [1.82, 2.24) is 9.21 Å². The number of carbonyl (C=O) groups excluding carboxylic acids is 2. The summed E-state index contributed by atoms with van der Waals surface area (Å²) in [6.45, 7) is 0.0884. The number of phenolic OH excluding ortho intramolecular Hbond substituents is 1. The van der Waals surface area contributed by atoms with E-state index in [1.54, 1.807) is 18.2 Å². The highest BCUT2D eigenvalue weighted by atomic mass is 32.2. The van der Waals surface area contributed by atoms with Crippen LogP contribution >= 0.6 is 0 Å². The van der Waals surface area contributed by atoms with Crippen LogP contribution in [0.5, 0.6) is 11.5 Å². The maximum absolute atomic E-state index is 13.1. The third-order valence-corrected chi connectivity index (χ3v) is 7.61. The Kier molecular flexibility index (Phi) is 6.71. The Morgan fingerprint density at radius 3 is 2.35 bits per heavy atom. The molecule has 3 aromatic carbocycles. The number of hydrogen-bond donors (Lipinski definition) is 1. The number of carbonyl (C=O) groups is 2. The van der Waals surface area contributed by atoms with E-state index in [0.717, 1.165) is 10.8 Å². The molecule has 0 radical (unpaired) electrons. The number of benzene rings is 3. The summed E-state index contributed by atoms with van der Waals surface area (Å²) in [6.07, 6.45) is 0. The normalized spacial score (nSPS) is 14.7. The number of amides is 1. The second kappa shape index (κ2) is 9.70. The van der Waals surface area contributed by atoms with Crippen LogP contribution in [-0.2, 0) is 19.6 Å². The van der Waals surface area contributed by atoms with E-state index in [9.17, 15) is 23.1 Å². The Morgan fingerprint density at radius 2 is 1.65 bits per heavy atom. The smallest absolute Gasteiger partial charge is 0.342 e. The van der Waals surface area contributed by atoms with Crippen molar-refractivity contribution in [2.45, 2.75) is 4.90 Å². The number of aromatic hydroxyl groups is 1.